The van der Waals surface area contributed by atoms with Crippen molar-refractivity contribution in [3.05, 3.63) is 71.6 Å². The van der Waals surface area contributed by atoms with Gasteiger partial charge in [-0.15, -0.1) is 11.3 Å². The van der Waals surface area contributed by atoms with Gasteiger partial charge in [0.1, 0.15) is 0 Å². The molecule has 0 aliphatic heterocycles. The summed E-state index contributed by atoms with van der Waals surface area (Å²) >= 11 is 1.39. The Morgan fingerprint density at radius 1 is 0.897 bits per heavy atom. The number of nitrogens with two attached hydrogens (primary N) is 1. The lowest BCUT2D eigenvalue weighted by molar-refractivity contribution is 0.103. The van der Waals surface area contributed by atoms with Crippen molar-refractivity contribution < 1.29 is 14.3 Å². The first-order valence-electron chi connectivity index (χ1n) is 9.01. The lowest BCUT2D eigenvalue weighted by Crippen LogP contribution is -2.11. The van der Waals surface area contributed by atoms with Crippen LogP contribution >= 0.6 is 11.3 Å². The lowest BCUT2D eigenvalue weighted by Gasteiger charge is -2.10. The van der Waals surface area contributed by atoms with Gasteiger partial charge in [0.2, 0.25) is 0 Å². The van der Waals surface area contributed by atoms with Crippen molar-refractivity contribution in [3.8, 4) is 22.6 Å². The Bertz CT molecular complexity index is 1140. The van der Waals surface area contributed by atoms with Crippen LogP contribution in [0, 0.1) is 0 Å². The first-order valence-corrected chi connectivity index (χ1v) is 9.82. The summed E-state index contributed by atoms with van der Waals surface area (Å²) in [6, 6.07) is 21.2. The molecule has 4 aromatic rings. The molecule has 0 saturated heterocycles. The molecule has 0 unspecified atom stereocenters. The number of anilines is 2. The fourth-order valence-corrected chi connectivity index (χ4v) is 4.11. The molecular formula is C23H20N2O3S. The van der Waals surface area contributed by atoms with Gasteiger partial charge in [0.15, 0.2) is 11.5 Å². The third-order valence-corrected chi connectivity index (χ3v) is 5.75. The average molecular weight is 404 g/mol. The maximum absolute atomic E-state index is 12.9. The van der Waals surface area contributed by atoms with Crippen LogP contribution in [0.3, 0.4) is 0 Å². The summed E-state index contributed by atoms with van der Waals surface area (Å²) in [5.74, 6) is 1.05. The van der Waals surface area contributed by atoms with Crippen molar-refractivity contribution in [1.82, 2.24) is 0 Å². The van der Waals surface area contributed by atoms with E-state index in [1.165, 1.54) is 11.3 Å². The zero-order chi connectivity index (χ0) is 20.4. The number of ether oxygens (including phenoxy) is 2. The molecule has 3 aromatic carbocycles. The molecule has 0 atom stereocenters. The molecule has 5 nitrogen and oxygen atoms in total. The van der Waals surface area contributed by atoms with Crippen molar-refractivity contribution >= 4 is 38.7 Å². The monoisotopic (exact) mass is 404 g/mol. The lowest BCUT2D eigenvalue weighted by atomic mass is 10.0. The zero-order valence-corrected chi connectivity index (χ0v) is 16.9. The van der Waals surface area contributed by atoms with Gasteiger partial charge in [-0.25, -0.2) is 0 Å². The van der Waals surface area contributed by atoms with Crippen LogP contribution in [0.15, 0.2) is 66.7 Å². The van der Waals surface area contributed by atoms with E-state index in [2.05, 4.69) is 5.32 Å². The summed E-state index contributed by atoms with van der Waals surface area (Å²) in [5.41, 5.74) is 9.25. The van der Waals surface area contributed by atoms with Crippen molar-refractivity contribution in [3.63, 3.8) is 0 Å². The Morgan fingerprint density at radius 2 is 1.62 bits per heavy atom. The number of nitrogens with one attached hydrogen (secondary N) is 1. The van der Waals surface area contributed by atoms with Crippen LogP contribution in [0.2, 0.25) is 0 Å². The maximum atomic E-state index is 12.9. The van der Waals surface area contributed by atoms with E-state index in [0.717, 1.165) is 21.2 Å². The highest BCUT2D eigenvalue weighted by atomic mass is 32.1. The van der Waals surface area contributed by atoms with Gasteiger partial charge in [-0.3, -0.25) is 4.79 Å². The standard InChI is InChI=1S/C23H20N2O3S/c1-27-19-11-16-12-22(29-21(16)13-20(19)28-2)23(26)25-18-10-15(8-9-17(18)24)14-6-4-3-5-7-14/h3-13H,24H2,1-2H3,(H,25,26). The summed E-state index contributed by atoms with van der Waals surface area (Å²) in [6.45, 7) is 0. The highest BCUT2D eigenvalue weighted by molar-refractivity contribution is 7.21. The minimum absolute atomic E-state index is 0.207. The normalized spacial score (nSPS) is 10.7. The fourth-order valence-electron chi connectivity index (χ4n) is 3.14. The van der Waals surface area contributed by atoms with E-state index in [0.29, 0.717) is 27.8 Å². The largest absolute Gasteiger partial charge is 0.493 e. The van der Waals surface area contributed by atoms with E-state index >= 15 is 0 Å². The van der Waals surface area contributed by atoms with Gasteiger partial charge in [-0.1, -0.05) is 36.4 Å². The van der Waals surface area contributed by atoms with E-state index in [4.69, 9.17) is 15.2 Å². The molecule has 0 saturated carbocycles. The number of hydrogen-bond acceptors (Lipinski definition) is 5. The van der Waals surface area contributed by atoms with Crippen molar-refractivity contribution in [2.75, 3.05) is 25.3 Å². The quantitative estimate of drug-likeness (QED) is 0.436. The highest BCUT2D eigenvalue weighted by Gasteiger charge is 2.15. The molecule has 146 valence electrons. The topological polar surface area (TPSA) is 73.6 Å². The molecule has 1 heterocycles. The van der Waals surface area contributed by atoms with Gasteiger partial charge in [0.05, 0.1) is 30.5 Å². The van der Waals surface area contributed by atoms with Crippen LogP contribution in [0.4, 0.5) is 11.4 Å². The smallest absolute Gasteiger partial charge is 0.265 e. The van der Waals surface area contributed by atoms with Gasteiger partial charge in [-0.05, 0) is 40.8 Å². The number of methoxy groups -OCH3 is 2. The van der Waals surface area contributed by atoms with Crippen molar-refractivity contribution in [2.45, 2.75) is 0 Å². The van der Waals surface area contributed by atoms with Gasteiger partial charge in [0, 0.05) is 10.8 Å². The number of fused-ring (bicyclic) bond motifs is 1. The van der Waals surface area contributed by atoms with Crippen LogP contribution in [0.5, 0.6) is 11.5 Å². The van der Waals surface area contributed by atoms with Crippen LogP contribution in [0.25, 0.3) is 21.2 Å². The number of carbonyl (C=O) groups excluding carboxylic acids is 1. The van der Waals surface area contributed by atoms with E-state index in [9.17, 15) is 4.79 Å². The molecule has 4 rings (SSSR count). The SMILES string of the molecule is COc1cc2cc(C(=O)Nc3cc(-c4ccccc4)ccc3N)sc2cc1OC. The average Bonchev–Trinajstić information content (AvgIpc) is 3.18. The molecular weight excluding hydrogens is 384 g/mol. The highest BCUT2D eigenvalue weighted by Crippen LogP contribution is 2.37. The van der Waals surface area contributed by atoms with E-state index in [1.54, 1.807) is 20.3 Å². The number of thiophene rings is 1. The summed E-state index contributed by atoms with van der Waals surface area (Å²) in [5, 5.41) is 3.86. The molecule has 0 spiro atoms. The Labute approximate surface area is 172 Å². The molecule has 0 aliphatic rings. The number of carbonyl (C=O) groups is 1. The first-order chi connectivity index (χ1) is 14.1. The number of hydrogen-bond donors (Lipinski definition) is 2. The number of amides is 1. The number of benzene rings is 3. The first kappa shape index (κ1) is 18.8. The molecule has 0 radical (unpaired) electrons. The van der Waals surface area contributed by atoms with Crippen LogP contribution in [-0.2, 0) is 0 Å². The fraction of sp³-hybridized carbons (Fsp3) is 0.0870. The van der Waals surface area contributed by atoms with Crippen LogP contribution in [0.1, 0.15) is 9.67 Å². The molecule has 1 aromatic heterocycles. The zero-order valence-electron chi connectivity index (χ0n) is 16.1. The molecule has 0 fully saturated rings. The molecule has 0 bridgehead atoms. The van der Waals surface area contributed by atoms with E-state index in [1.807, 2.05) is 60.7 Å². The second kappa shape index (κ2) is 7.85. The summed E-state index contributed by atoms with van der Waals surface area (Å²) in [6.07, 6.45) is 0. The Hall–Kier alpha value is -3.51. The molecule has 1 amide bonds. The van der Waals surface area contributed by atoms with Crippen molar-refractivity contribution in [2.24, 2.45) is 0 Å². The van der Waals surface area contributed by atoms with E-state index < -0.39 is 0 Å². The molecule has 3 N–H and O–H groups in total. The third kappa shape index (κ3) is 3.75. The summed E-state index contributed by atoms with van der Waals surface area (Å²) < 4.78 is 11.6. The van der Waals surface area contributed by atoms with Gasteiger partial charge in [-0.2, -0.15) is 0 Å². The minimum atomic E-state index is -0.207. The van der Waals surface area contributed by atoms with E-state index in [-0.39, 0.29) is 5.91 Å². The Morgan fingerprint density at radius 3 is 2.34 bits per heavy atom. The molecule has 29 heavy (non-hydrogen) atoms. The summed E-state index contributed by atoms with van der Waals surface area (Å²) in [7, 11) is 3.18. The number of nitrogen functional groups attached to an aromatic ring is 1. The third-order valence-electron chi connectivity index (χ3n) is 4.65. The second-order valence-corrected chi connectivity index (χ2v) is 7.56. The molecule has 0 aliphatic carbocycles. The predicted octanol–water partition coefficient (Wildman–Crippen LogP) is 5.42. The van der Waals surface area contributed by atoms with Crippen LogP contribution in [-0.4, -0.2) is 20.1 Å². The Balaban J connectivity index is 1.64. The van der Waals surface area contributed by atoms with Gasteiger partial charge in [0.25, 0.3) is 5.91 Å². The molecule has 6 heteroatoms. The Kier molecular flexibility index (Phi) is 5.10. The minimum Gasteiger partial charge on any atom is -0.493 e. The van der Waals surface area contributed by atoms with Gasteiger partial charge >= 0.3 is 0 Å². The van der Waals surface area contributed by atoms with Crippen LogP contribution < -0.4 is 20.5 Å². The maximum Gasteiger partial charge on any atom is 0.265 e. The van der Waals surface area contributed by atoms with Crippen molar-refractivity contribution in [1.29, 1.82) is 0 Å². The summed E-state index contributed by atoms with van der Waals surface area (Å²) in [4.78, 5) is 13.5. The predicted molar refractivity (Wildman–Crippen MR) is 119 cm³/mol. The second-order valence-electron chi connectivity index (χ2n) is 6.48. The number of rotatable bonds is 5. The van der Waals surface area contributed by atoms with Gasteiger partial charge < -0.3 is 20.5 Å².